The summed E-state index contributed by atoms with van der Waals surface area (Å²) in [5.41, 5.74) is 6.03. The van der Waals surface area contributed by atoms with Gasteiger partial charge in [0, 0.05) is 52.0 Å². The monoisotopic (exact) mass is 255 g/mol. The van der Waals surface area contributed by atoms with E-state index in [9.17, 15) is 0 Å². The lowest BCUT2D eigenvalue weighted by molar-refractivity contribution is 0.0121. The molecule has 4 nitrogen and oxygen atoms in total. The van der Waals surface area contributed by atoms with E-state index in [-0.39, 0.29) is 0 Å². The zero-order valence-electron chi connectivity index (χ0n) is 11.8. The summed E-state index contributed by atoms with van der Waals surface area (Å²) < 4.78 is 5.46. The van der Waals surface area contributed by atoms with Crippen molar-refractivity contribution in [1.29, 1.82) is 0 Å². The number of rotatable bonds is 5. The minimum Gasteiger partial charge on any atom is -0.381 e. The zero-order valence-corrected chi connectivity index (χ0v) is 11.8. The molecule has 2 heterocycles. The Balaban J connectivity index is 1.81. The van der Waals surface area contributed by atoms with Crippen LogP contribution in [0.2, 0.25) is 0 Å². The van der Waals surface area contributed by atoms with E-state index in [1.807, 2.05) is 0 Å². The standard InChI is InChI=1S/C14H29N3O/c1-2-5-16-6-8-17(9-7-16)14(12-15)13-3-10-18-11-4-13/h13-14H,2-12,15H2,1H3. The van der Waals surface area contributed by atoms with Gasteiger partial charge in [-0.05, 0) is 31.7 Å². The topological polar surface area (TPSA) is 41.7 Å². The molecule has 18 heavy (non-hydrogen) atoms. The summed E-state index contributed by atoms with van der Waals surface area (Å²) in [6.45, 7) is 11.0. The molecule has 2 N–H and O–H groups in total. The van der Waals surface area contributed by atoms with Crippen molar-refractivity contribution in [2.75, 3.05) is 52.5 Å². The molecule has 2 aliphatic rings. The highest BCUT2D eigenvalue weighted by Crippen LogP contribution is 2.23. The average molecular weight is 255 g/mol. The van der Waals surface area contributed by atoms with Gasteiger partial charge in [-0.2, -0.15) is 0 Å². The molecule has 0 aromatic heterocycles. The molecule has 106 valence electrons. The van der Waals surface area contributed by atoms with E-state index in [4.69, 9.17) is 10.5 Å². The minimum atomic E-state index is 0.581. The van der Waals surface area contributed by atoms with Crippen molar-refractivity contribution < 1.29 is 4.74 Å². The predicted octanol–water partition coefficient (Wildman–Crippen LogP) is 0.768. The second-order valence-corrected chi connectivity index (χ2v) is 5.63. The maximum atomic E-state index is 6.03. The third kappa shape index (κ3) is 3.67. The molecule has 0 spiro atoms. The van der Waals surface area contributed by atoms with Gasteiger partial charge in [0.15, 0.2) is 0 Å². The van der Waals surface area contributed by atoms with E-state index in [1.54, 1.807) is 0 Å². The Labute approximate surface area is 111 Å². The largest absolute Gasteiger partial charge is 0.381 e. The van der Waals surface area contributed by atoms with Gasteiger partial charge in [0.05, 0.1) is 0 Å². The SMILES string of the molecule is CCCN1CCN(C(CN)C2CCOCC2)CC1. The third-order valence-corrected chi connectivity index (χ3v) is 4.47. The Hall–Kier alpha value is -0.160. The lowest BCUT2D eigenvalue weighted by Gasteiger charge is -2.42. The summed E-state index contributed by atoms with van der Waals surface area (Å²) in [6.07, 6.45) is 3.65. The van der Waals surface area contributed by atoms with Crippen molar-refractivity contribution in [3.05, 3.63) is 0 Å². The van der Waals surface area contributed by atoms with Crippen LogP contribution in [-0.2, 0) is 4.74 Å². The number of hydrogen-bond acceptors (Lipinski definition) is 4. The molecule has 2 rings (SSSR count). The lowest BCUT2D eigenvalue weighted by Crippen LogP contribution is -2.55. The number of ether oxygens (including phenoxy) is 1. The average Bonchev–Trinajstić information content (AvgIpc) is 2.43. The Kier molecular flexibility index (Phi) is 5.89. The Morgan fingerprint density at radius 1 is 1.17 bits per heavy atom. The van der Waals surface area contributed by atoms with Crippen molar-refractivity contribution in [3.8, 4) is 0 Å². The van der Waals surface area contributed by atoms with Crippen molar-refractivity contribution in [2.45, 2.75) is 32.2 Å². The van der Waals surface area contributed by atoms with Crippen LogP contribution in [-0.4, -0.2) is 68.3 Å². The van der Waals surface area contributed by atoms with Crippen molar-refractivity contribution in [2.24, 2.45) is 11.7 Å². The first-order valence-corrected chi connectivity index (χ1v) is 7.59. The van der Waals surface area contributed by atoms with Gasteiger partial charge < -0.3 is 15.4 Å². The van der Waals surface area contributed by atoms with Gasteiger partial charge in [0.2, 0.25) is 0 Å². The van der Waals surface area contributed by atoms with Crippen molar-refractivity contribution >= 4 is 0 Å². The molecule has 4 heteroatoms. The summed E-state index contributed by atoms with van der Waals surface area (Å²) in [6, 6.07) is 0.581. The molecule has 1 atom stereocenters. The maximum absolute atomic E-state index is 6.03. The van der Waals surface area contributed by atoms with Crippen LogP contribution in [0.5, 0.6) is 0 Å². The van der Waals surface area contributed by atoms with Crippen LogP contribution in [0.4, 0.5) is 0 Å². The highest BCUT2D eigenvalue weighted by molar-refractivity contribution is 4.85. The number of piperazine rings is 1. The molecular formula is C14H29N3O. The smallest absolute Gasteiger partial charge is 0.0469 e. The lowest BCUT2D eigenvalue weighted by atomic mass is 9.90. The van der Waals surface area contributed by atoms with Gasteiger partial charge in [0.25, 0.3) is 0 Å². The predicted molar refractivity (Wildman–Crippen MR) is 74.7 cm³/mol. The summed E-state index contributed by atoms with van der Waals surface area (Å²) in [7, 11) is 0. The van der Waals surface area contributed by atoms with Crippen LogP contribution in [0, 0.1) is 5.92 Å². The number of nitrogens with zero attached hydrogens (tertiary/aromatic N) is 2. The third-order valence-electron chi connectivity index (χ3n) is 4.47. The first kappa shape index (κ1) is 14.3. The molecule has 2 fully saturated rings. The Morgan fingerprint density at radius 3 is 2.39 bits per heavy atom. The van der Waals surface area contributed by atoms with Gasteiger partial charge in [0.1, 0.15) is 0 Å². The maximum Gasteiger partial charge on any atom is 0.0469 e. The van der Waals surface area contributed by atoms with Crippen LogP contribution >= 0.6 is 0 Å². The van der Waals surface area contributed by atoms with Crippen LogP contribution in [0.1, 0.15) is 26.2 Å². The number of nitrogens with two attached hydrogens (primary N) is 1. The quantitative estimate of drug-likeness (QED) is 0.788. The summed E-state index contributed by atoms with van der Waals surface area (Å²) >= 11 is 0. The van der Waals surface area contributed by atoms with Crippen molar-refractivity contribution in [3.63, 3.8) is 0 Å². The molecule has 0 aromatic carbocycles. The van der Waals surface area contributed by atoms with Gasteiger partial charge >= 0.3 is 0 Å². The van der Waals surface area contributed by atoms with E-state index < -0.39 is 0 Å². The van der Waals surface area contributed by atoms with Crippen LogP contribution in [0.3, 0.4) is 0 Å². The van der Waals surface area contributed by atoms with Crippen LogP contribution in [0.15, 0.2) is 0 Å². The highest BCUT2D eigenvalue weighted by Gasteiger charge is 2.29. The molecule has 2 saturated heterocycles. The van der Waals surface area contributed by atoms with E-state index >= 15 is 0 Å². The Bertz CT molecular complexity index is 223. The second kappa shape index (κ2) is 7.43. The van der Waals surface area contributed by atoms with E-state index in [0.717, 1.165) is 25.7 Å². The fourth-order valence-electron chi connectivity index (χ4n) is 3.38. The molecule has 0 radical (unpaired) electrons. The Morgan fingerprint density at radius 2 is 1.83 bits per heavy atom. The van der Waals surface area contributed by atoms with Gasteiger partial charge in [-0.25, -0.2) is 0 Å². The van der Waals surface area contributed by atoms with E-state index in [1.165, 1.54) is 52.0 Å². The molecule has 0 saturated carbocycles. The van der Waals surface area contributed by atoms with E-state index in [0.29, 0.717) is 6.04 Å². The van der Waals surface area contributed by atoms with Crippen LogP contribution in [0.25, 0.3) is 0 Å². The van der Waals surface area contributed by atoms with Gasteiger partial charge in [-0.15, -0.1) is 0 Å². The molecule has 0 bridgehead atoms. The summed E-state index contributed by atoms with van der Waals surface area (Å²) in [5, 5.41) is 0. The minimum absolute atomic E-state index is 0.581. The van der Waals surface area contributed by atoms with Crippen LogP contribution < -0.4 is 5.73 Å². The highest BCUT2D eigenvalue weighted by atomic mass is 16.5. The molecule has 0 aromatic rings. The normalized spacial score (nSPS) is 26.3. The number of hydrogen-bond donors (Lipinski definition) is 1. The zero-order chi connectivity index (χ0) is 12.8. The van der Waals surface area contributed by atoms with E-state index in [2.05, 4.69) is 16.7 Å². The molecule has 2 aliphatic heterocycles. The fraction of sp³-hybridized carbons (Fsp3) is 1.00. The molecular weight excluding hydrogens is 226 g/mol. The summed E-state index contributed by atoms with van der Waals surface area (Å²) in [4.78, 5) is 5.20. The first-order chi connectivity index (χ1) is 8.85. The van der Waals surface area contributed by atoms with Gasteiger partial charge in [-0.1, -0.05) is 6.92 Å². The fourth-order valence-corrected chi connectivity index (χ4v) is 3.38. The molecule has 0 amide bonds. The second-order valence-electron chi connectivity index (χ2n) is 5.63. The molecule has 0 aliphatic carbocycles. The van der Waals surface area contributed by atoms with Crippen molar-refractivity contribution in [1.82, 2.24) is 9.80 Å². The summed E-state index contributed by atoms with van der Waals surface area (Å²) in [5.74, 6) is 0.751. The molecule has 1 unspecified atom stereocenters. The first-order valence-electron chi connectivity index (χ1n) is 7.59. The van der Waals surface area contributed by atoms with Gasteiger partial charge in [-0.3, -0.25) is 4.90 Å².